The molecule has 0 spiro atoms. The van der Waals surface area contributed by atoms with E-state index in [-0.39, 0.29) is 0 Å². The third-order valence-electron chi connectivity index (χ3n) is 4.01. The van der Waals surface area contributed by atoms with Crippen LogP contribution in [-0.2, 0) is 13.5 Å². The van der Waals surface area contributed by atoms with Crippen molar-refractivity contribution < 1.29 is 5.11 Å². The highest BCUT2D eigenvalue weighted by Crippen LogP contribution is 2.30. The van der Waals surface area contributed by atoms with Gasteiger partial charge in [-0.3, -0.25) is 4.68 Å². The summed E-state index contributed by atoms with van der Waals surface area (Å²) >= 11 is 6.23. The predicted molar refractivity (Wildman–Crippen MR) is 73.0 cm³/mol. The lowest BCUT2D eigenvalue weighted by Crippen LogP contribution is -2.45. The lowest BCUT2D eigenvalue weighted by atomic mass is 9.85. The van der Waals surface area contributed by atoms with E-state index in [1.54, 1.807) is 4.68 Å². The van der Waals surface area contributed by atoms with E-state index in [0.29, 0.717) is 11.6 Å². The molecule has 0 amide bonds. The molecule has 1 aliphatic heterocycles. The average molecular weight is 272 g/mol. The Morgan fingerprint density at radius 2 is 2.00 bits per heavy atom. The Kier molecular flexibility index (Phi) is 3.99. The molecule has 0 radical (unpaired) electrons. The molecule has 5 heteroatoms. The average Bonchev–Trinajstić information content (AvgIpc) is 2.57. The second-order valence-corrected chi connectivity index (χ2v) is 5.67. The molecular weight excluding hydrogens is 250 g/mol. The first-order valence-corrected chi connectivity index (χ1v) is 6.95. The molecule has 1 aromatic rings. The van der Waals surface area contributed by atoms with Crippen LogP contribution in [0.1, 0.15) is 31.0 Å². The second-order valence-electron chi connectivity index (χ2n) is 5.31. The van der Waals surface area contributed by atoms with Gasteiger partial charge in [-0.2, -0.15) is 5.10 Å². The summed E-state index contributed by atoms with van der Waals surface area (Å²) in [5.41, 5.74) is 1.30. The van der Waals surface area contributed by atoms with Gasteiger partial charge in [0.25, 0.3) is 0 Å². The number of nitrogens with zero attached hydrogens (tertiary/aromatic N) is 3. The zero-order chi connectivity index (χ0) is 13.3. The van der Waals surface area contributed by atoms with Crippen LogP contribution in [-0.4, -0.2) is 45.0 Å². The van der Waals surface area contributed by atoms with Gasteiger partial charge in [0.2, 0.25) is 0 Å². The molecule has 18 heavy (non-hydrogen) atoms. The van der Waals surface area contributed by atoms with Crippen molar-refractivity contribution >= 4 is 11.6 Å². The van der Waals surface area contributed by atoms with E-state index in [1.165, 1.54) is 0 Å². The van der Waals surface area contributed by atoms with Crippen molar-refractivity contribution in [2.24, 2.45) is 7.05 Å². The van der Waals surface area contributed by atoms with Crippen molar-refractivity contribution in [3.8, 4) is 0 Å². The van der Waals surface area contributed by atoms with Crippen molar-refractivity contribution in [3.63, 3.8) is 0 Å². The first kappa shape index (κ1) is 13.8. The number of aliphatic hydroxyl groups is 1. The van der Waals surface area contributed by atoms with Crippen LogP contribution in [0.25, 0.3) is 0 Å². The molecule has 0 aliphatic carbocycles. The Labute approximate surface area is 114 Å². The van der Waals surface area contributed by atoms with Crippen molar-refractivity contribution in [1.29, 1.82) is 0 Å². The van der Waals surface area contributed by atoms with E-state index < -0.39 is 5.60 Å². The van der Waals surface area contributed by atoms with E-state index in [4.69, 9.17) is 11.6 Å². The number of hydrogen-bond donors (Lipinski definition) is 1. The molecule has 0 saturated carbocycles. The molecule has 0 bridgehead atoms. The summed E-state index contributed by atoms with van der Waals surface area (Å²) < 4.78 is 1.68. The van der Waals surface area contributed by atoms with Gasteiger partial charge in [-0.05, 0) is 26.3 Å². The van der Waals surface area contributed by atoms with E-state index in [0.717, 1.165) is 43.7 Å². The van der Waals surface area contributed by atoms with Gasteiger partial charge in [-0.1, -0.05) is 18.5 Å². The zero-order valence-electron chi connectivity index (χ0n) is 11.4. The maximum absolute atomic E-state index is 10.7. The van der Waals surface area contributed by atoms with Gasteiger partial charge in [0.05, 0.1) is 11.3 Å². The summed E-state index contributed by atoms with van der Waals surface area (Å²) in [6, 6.07) is 0. The summed E-state index contributed by atoms with van der Waals surface area (Å²) in [6.07, 6.45) is 2.24. The maximum Gasteiger partial charge on any atom is 0.130 e. The van der Waals surface area contributed by atoms with Gasteiger partial charge in [-0.25, -0.2) is 0 Å². The molecule has 1 fully saturated rings. The minimum atomic E-state index is -0.622. The highest BCUT2D eigenvalue weighted by molar-refractivity contribution is 6.30. The van der Waals surface area contributed by atoms with Crippen molar-refractivity contribution in [3.05, 3.63) is 16.4 Å². The SMILES string of the molecule is CCN1CCC(O)(Cc2c(C)nn(C)c2Cl)CC1. The van der Waals surface area contributed by atoms with Gasteiger partial charge < -0.3 is 10.0 Å². The maximum atomic E-state index is 10.7. The van der Waals surface area contributed by atoms with Gasteiger partial charge >= 0.3 is 0 Å². The Morgan fingerprint density at radius 3 is 2.44 bits per heavy atom. The van der Waals surface area contributed by atoms with Crippen LogP contribution in [0.15, 0.2) is 0 Å². The number of likely N-dealkylation sites (tertiary alicyclic amines) is 1. The number of rotatable bonds is 3. The molecule has 102 valence electrons. The smallest absolute Gasteiger partial charge is 0.130 e. The van der Waals surface area contributed by atoms with Crippen LogP contribution < -0.4 is 0 Å². The summed E-state index contributed by atoms with van der Waals surface area (Å²) in [6.45, 7) is 7.09. The van der Waals surface area contributed by atoms with Gasteiger partial charge in [-0.15, -0.1) is 0 Å². The summed E-state index contributed by atoms with van der Waals surface area (Å²) in [7, 11) is 1.84. The van der Waals surface area contributed by atoms with Crippen molar-refractivity contribution in [1.82, 2.24) is 14.7 Å². The largest absolute Gasteiger partial charge is 0.389 e. The molecule has 2 heterocycles. The van der Waals surface area contributed by atoms with Crippen LogP contribution in [0, 0.1) is 6.92 Å². The van der Waals surface area contributed by atoms with Gasteiger partial charge in [0.1, 0.15) is 5.15 Å². The fraction of sp³-hybridized carbons (Fsp3) is 0.769. The summed E-state index contributed by atoms with van der Waals surface area (Å²) in [4.78, 5) is 2.37. The lowest BCUT2D eigenvalue weighted by Gasteiger charge is -2.37. The van der Waals surface area contributed by atoms with E-state index >= 15 is 0 Å². The molecule has 4 nitrogen and oxygen atoms in total. The van der Waals surface area contributed by atoms with Gasteiger partial charge in [0, 0.05) is 32.1 Å². The molecule has 1 N–H and O–H groups in total. The van der Waals surface area contributed by atoms with Crippen LogP contribution >= 0.6 is 11.6 Å². The summed E-state index contributed by atoms with van der Waals surface area (Å²) in [5, 5.41) is 15.6. The third-order valence-corrected chi connectivity index (χ3v) is 4.48. The van der Waals surface area contributed by atoms with Crippen LogP contribution in [0.4, 0.5) is 0 Å². The Hall–Kier alpha value is -0.580. The van der Waals surface area contributed by atoms with E-state index in [9.17, 15) is 5.11 Å². The normalized spacial score (nSPS) is 20.3. The molecule has 0 unspecified atom stereocenters. The Morgan fingerprint density at radius 1 is 1.39 bits per heavy atom. The fourth-order valence-electron chi connectivity index (χ4n) is 2.67. The standard InChI is InChI=1S/C13H22ClN3O/c1-4-17-7-5-13(18,6-8-17)9-11-10(2)15-16(3)12(11)14/h18H,4-9H2,1-3H3. The molecule has 0 aromatic carbocycles. The second kappa shape index (κ2) is 5.19. The monoisotopic (exact) mass is 271 g/mol. The van der Waals surface area contributed by atoms with Crippen molar-refractivity contribution in [2.75, 3.05) is 19.6 Å². The molecular formula is C13H22ClN3O. The number of hydrogen-bond acceptors (Lipinski definition) is 3. The number of halogens is 1. The third kappa shape index (κ3) is 2.71. The number of piperidine rings is 1. The molecule has 1 aliphatic rings. The number of aromatic nitrogens is 2. The highest BCUT2D eigenvalue weighted by atomic mass is 35.5. The van der Waals surface area contributed by atoms with Crippen LogP contribution in [0.5, 0.6) is 0 Å². The fourth-order valence-corrected chi connectivity index (χ4v) is 2.91. The van der Waals surface area contributed by atoms with Crippen molar-refractivity contribution in [2.45, 2.75) is 38.7 Å². The van der Waals surface area contributed by atoms with Gasteiger partial charge in [0.15, 0.2) is 0 Å². The molecule has 1 aromatic heterocycles. The minimum Gasteiger partial charge on any atom is -0.389 e. The van der Waals surface area contributed by atoms with Crippen LogP contribution in [0.2, 0.25) is 5.15 Å². The molecule has 1 saturated heterocycles. The Bertz CT molecular complexity index is 422. The minimum absolute atomic E-state index is 0.614. The molecule has 2 rings (SSSR count). The quantitative estimate of drug-likeness (QED) is 0.911. The van der Waals surface area contributed by atoms with E-state index in [1.807, 2.05) is 14.0 Å². The first-order chi connectivity index (χ1) is 8.45. The van der Waals surface area contributed by atoms with E-state index in [2.05, 4.69) is 16.9 Å². The summed E-state index contributed by atoms with van der Waals surface area (Å²) in [5.74, 6) is 0. The molecule has 0 atom stereocenters. The topological polar surface area (TPSA) is 41.3 Å². The predicted octanol–water partition coefficient (Wildman–Crippen LogP) is 1.77. The number of aryl methyl sites for hydroxylation is 2. The Balaban J connectivity index is 2.09. The lowest BCUT2D eigenvalue weighted by molar-refractivity contribution is -0.0195. The van der Waals surface area contributed by atoms with Crippen LogP contribution in [0.3, 0.4) is 0 Å². The highest BCUT2D eigenvalue weighted by Gasteiger charge is 2.33. The first-order valence-electron chi connectivity index (χ1n) is 6.58. The zero-order valence-corrected chi connectivity index (χ0v) is 12.2.